The van der Waals surface area contributed by atoms with Crippen LogP contribution < -0.4 is 5.32 Å². The third-order valence-corrected chi connectivity index (χ3v) is 3.19. The van der Waals surface area contributed by atoms with Crippen molar-refractivity contribution in [2.24, 2.45) is 0 Å². The maximum absolute atomic E-state index is 12.4. The minimum absolute atomic E-state index is 0.434. The molecule has 0 amide bonds. The van der Waals surface area contributed by atoms with Crippen LogP contribution in [0.1, 0.15) is 5.56 Å². The molecule has 0 bridgehead atoms. The summed E-state index contributed by atoms with van der Waals surface area (Å²) >= 11 is 4.80. The van der Waals surface area contributed by atoms with E-state index in [4.69, 9.17) is 0 Å². The highest BCUT2D eigenvalue weighted by atomic mass is 79.9. The summed E-state index contributed by atoms with van der Waals surface area (Å²) < 4.78 is 37.5. The van der Waals surface area contributed by atoms with Crippen LogP contribution in [0.4, 0.5) is 18.9 Å². The van der Waals surface area contributed by atoms with Crippen LogP contribution in [0, 0.1) is 0 Å². The minimum atomic E-state index is -4.29. The minimum Gasteiger partial charge on any atom is -0.383 e. The Morgan fingerprint density at radius 1 is 1.38 bits per heavy atom. The van der Waals surface area contributed by atoms with Crippen molar-refractivity contribution >= 4 is 33.4 Å². The van der Waals surface area contributed by atoms with Gasteiger partial charge in [0.05, 0.1) is 5.56 Å². The molecule has 16 heavy (non-hydrogen) atoms. The van der Waals surface area contributed by atoms with Crippen LogP contribution in [-0.2, 0) is 6.18 Å². The molecule has 0 saturated carbocycles. The molecule has 6 heteroatoms. The van der Waals surface area contributed by atoms with Crippen LogP contribution >= 0.6 is 27.7 Å². The Morgan fingerprint density at radius 2 is 2.06 bits per heavy atom. The molecule has 1 rings (SSSR count). The molecule has 90 valence electrons. The SMILES string of the molecule is CSCCNc1ccc(C(F)(F)F)cc1Br. The molecule has 0 atom stereocenters. The van der Waals surface area contributed by atoms with Gasteiger partial charge in [0.15, 0.2) is 0 Å². The third kappa shape index (κ3) is 3.90. The molecule has 0 aliphatic carbocycles. The van der Waals surface area contributed by atoms with Gasteiger partial charge in [0, 0.05) is 22.5 Å². The lowest BCUT2D eigenvalue weighted by atomic mass is 10.2. The van der Waals surface area contributed by atoms with E-state index in [0.29, 0.717) is 10.2 Å². The highest BCUT2D eigenvalue weighted by molar-refractivity contribution is 9.10. The smallest absolute Gasteiger partial charge is 0.383 e. The van der Waals surface area contributed by atoms with Gasteiger partial charge in [-0.05, 0) is 40.4 Å². The van der Waals surface area contributed by atoms with Gasteiger partial charge in [-0.3, -0.25) is 0 Å². The van der Waals surface area contributed by atoms with E-state index < -0.39 is 11.7 Å². The molecule has 0 aromatic heterocycles. The van der Waals surface area contributed by atoms with Crippen LogP contribution in [0.3, 0.4) is 0 Å². The highest BCUT2D eigenvalue weighted by Crippen LogP contribution is 2.33. The zero-order valence-corrected chi connectivity index (χ0v) is 11.0. The van der Waals surface area contributed by atoms with E-state index in [0.717, 1.165) is 24.4 Å². The lowest BCUT2D eigenvalue weighted by molar-refractivity contribution is -0.137. The molecule has 1 aromatic rings. The summed E-state index contributed by atoms with van der Waals surface area (Å²) in [7, 11) is 0. The zero-order chi connectivity index (χ0) is 12.2. The number of hydrogen-bond donors (Lipinski definition) is 1. The Morgan fingerprint density at radius 3 is 2.56 bits per heavy atom. The molecule has 0 fully saturated rings. The molecule has 0 radical (unpaired) electrons. The molecular formula is C10H11BrF3NS. The van der Waals surface area contributed by atoms with Gasteiger partial charge in [-0.25, -0.2) is 0 Å². The summed E-state index contributed by atoms with van der Waals surface area (Å²) in [4.78, 5) is 0. The van der Waals surface area contributed by atoms with E-state index >= 15 is 0 Å². The van der Waals surface area contributed by atoms with Crippen LogP contribution in [0.15, 0.2) is 22.7 Å². The second-order valence-corrected chi connectivity index (χ2v) is 4.95. The topological polar surface area (TPSA) is 12.0 Å². The van der Waals surface area contributed by atoms with Gasteiger partial charge < -0.3 is 5.32 Å². The fourth-order valence-corrected chi connectivity index (χ4v) is 1.95. The van der Waals surface area contributed by atoms with Gasteiger partial charge in [-0.2, -0.15) is 24.9 Å². The van der Waals surface area contributed by atoms with Gasteiger partial charge >= 0.3 is 6.18 Å². The van der Waals surface area contributed by atoms with Crippen molar-refractivity contribution in [3.63, 3.8) is 0 Å². The first-order chi connectivity index (χ1) is 7.45. The van der Waals surface area contributed by atoms with E-state index in [1.54, 1.807) is 11.8 Å². The predicted molar refractivity (Wildman–Crippen MR) is 66.0 cm³/mol. The molecule has 1 N–H and O–H groups in total. The average molecular weight is 314 g/mol. The van der Waals surface area contributed by atoms with Gasteiger partial charge in [-0.15, -0.1) is 0 Å². The van der Waals surface area contributed by atoms with Crippen molar-refractivity contribution in [1.82, 2.24) is 0 Å². The van der Waals surface area contributed by atoms with Crippen molar-refractivity contribution in [2.75, 3.05) is 23.9 Å². The quantitative estimate of drug-likeness (QED) is 0.834. The average Bonchev–Trinajstić information content (AvgIpc) is 2.19. The molecule has 0 heterocycles. The summed E-state index contributed by atoms with van der Waals surface area (Å²) in [5.41, 5.74) is 0.0387. The number of rotatable bonds is 4. The summed E-state index contributed by atoms with van der Waals surface area (Å²) in [6.45, 7) is 0.727. The molecule has 0 aliphatic heterocycles. The van der Waals surface area contributed by atoms with E-state index in [1.165, 1.54) is 6.07 Å². The van der Waals surface area contributed by atoms with Crippen molar-refractivity contribution in [3.8, 4) is 0 Å². The molecule has 0 unspecified atom stereocenters. The largest absolute Gasteiger partial charge is 0.416 e. The molecule has 0 aliphatic rings. The number of hydrogen-bond acceptors (Lipinski definition) is 2. The second-order valence-electron chi connectivity index (χ2n) is 3.11. The monoisotopic (exact) mass is 313 g/mol. The van der Waals surface area contributed by atoms with E-state index in [-0.39, 0.29) is 0 Å². The van der Waals surface area contributed by atoms with E-state index in [9.17, 15) is 13.2 Å². The van der Waals surface area contributed by atoms with E-state index in [2.05, 4.69) is 21.2 Å². The standard InChI is InChI=1S/C10H11BrF3NS/c1-16-5-4-15-9-3-2-7(6-8(9)11)10(12,13)14/h2-3,6,15H,4-5H2,1H3. The number of alkyl halides is 3. The Balaban J connectivity index is 2.76. The van der Waals surface area contributed by atoms with Crippen LogP contribution in [0.2, 0.25) is 0 Å². The fourth-order valence-electron chi connectivity index (χ4n) is 1.12. The number of thioether (sulfide) groups is 1. The normalized spacial score (nSPS) is 11.6. The van der Waals surface area contributed by atoms with Gasteiger partial charge in [0.25, 0.3) is 0 Å². The third-order valence-electron chi connectivity index (χ3n) is 1.92. The van der Waals surface area contributed by atoms with Gasteiger partial charge in [0.1, 0.15) is 0 Å². The summed E-state index contributed by atoms with van der Waals surface area (Å²) in [6.07, 6.45) is -2.32. The highest BCUT2D eigenvalue weighted by Gasteiger charge is 2.30. The molecule has 1 aromatic carbocycles. The van der Waals surface area contributed by atoms with Crippen LogP contribution in [0.25, 0.3) is 0 Å². The zero-order valence-electron chi connectivity index (χ0n) is 8.57. The first kappa shape index (κ1) is 13.7. The molecular weight excluding hydrogens is 303 g/mol. The summed E-state index contributed by atoms with van der Waals surface area (Å²) in [5.74, 6) is 0.910. The molecule has 0 saturated heterocycles. The Kier molecular flexibility index (Phi) is 4.98. The Labute approximate surface area is 105 Å². The van der Waals surface area contributed by atoms with Crippen molar-refractivity contribution < 1.29 is 13.2 Å². The number of benzene rings is 1. The predicted octanol–water partition coefficient (Wildman–Crippen LogP) is 4.24. The van der Waals surface area contributed by atoms with Gasteiger partial charge in [0.2, 0.25) is 0 Å². The van der Waals surface area contributed by atoms with Crippen LogP contribution in [0.5, 0.6) is 0 Å². The van der Waals surface area contributed by atoms with Gasteiger partial charge in [-0.1, -0.05) is 0 Å². The summed E-state index contributed by atoms with van der Waals surface area (Å²) in [5, 5.41) is 3.06. The fraction of sp³-hybridized carbons (Fsp3) is 0.400. The van der Waals surface area contributed by atoms with Crippen LogP contribution in [-0.4, -0.2) is 18.6 Å². The lowest BCUT2D eigenvalue weighted by Crippen LogP contribution is -2.07. The van der Waals surface area contributed by atoms with Crippen molar-refractivity contribution in [1.29, 1.82) is 0 Å². The number of halogens is 4. The second kappa shape index (κ2) is 5.82. The molecule has 1 nitrogen and oxygen atoms in total. The number of anilines is 1. The Bertz CT molecular complexity index is 354. The maximum atomic E-state index is 12.4. The number of nitrogens with one attached hydrogen (secondary N) is 1. The summed E-state index contributed by atoms with van der Waals surface area (Å²) in [6, 6.07) is 3.60. The first-order valence-electron chi connectivity index (χ1n) is 4.54. The van der Waals surface area contributed by atoms with E-state index in [1.807, 2.05) is 6.26 Å². The molecule has 0 spiro atoms. The first-order valence-corrected chi connectivity index (χ1v) is 6.73. The lowest BCUT2D eigenvalue weighted by Gasteiger charge is -2.11. The Hall–Kier alpha value is -0.360. The van der Waals surface area contributed by atoms with Crippen molar-refractivity contribution in [2.45, 2.75) is 6.18 Å². The van der Waals surface area contributed by atoms with Crippen molar-refractivity contribution in [3.05, 3.63) is 28.2 Å². The maximum Gasteiger partial charge on any atom is 0.416 e.